The first kappa shape index (κ1) is 20.4. The average Bonchev–Trinajstić information content (AvgIpc) is 3.28. The van der Waals surface area contributed by atoms with Gasteiger partial charge in [0.1, 0.15) is 18.1 Å². The number of hydrogen-bond acceptors (Lipinski definition) is 8. The maximum atomic E-state index is 12.4. The van der Waals surface area contributed by atoms with Crippen molar-refractivity contribution in [3.8, 4) is 11.3 Å². The van der Waals surface area contributed by atoms with Gasteiger partial charge in [0.05, 0.1) is 24.2 Å². The van der Waals surface area contributed by atoms with Crippen LogP contribution in [0.4, 0.5) is 4.79 Å². The molecular weight excluding hydrogens is 398 g/mol. The normalized spacial score (nSPS) is 15.1. The molecule has 2 heterocycles. The molecule has 0 aliphatic carbocycles. The van der Waals surface area contributed by atoms with Gasteiger partial charge < -0.3 is 13.9 Å². The Morgan fingerprint density at radius 1 is 1.17 bits per heavy atom. The average molecular weight is 415 g/mol. The van der Waals surface area contributed by atoms with Gasteiger partial charge in [0, 0.05) is 11.6 Å². The van der Waals surface area contributed by atoms with Crippen LogP contribution in [0.3, 0.4) is 0 Å². The zero-order valence-corrected chi connectivity index (χ0v) is 16.5. The van der Waals surface area contributed by atoms with Crippen molar-refractivity contribution in [2.24, 2.45) is 0 Å². The Morgan fingerprint density at radius 3 is 2.66 bits per heavy atom. The second-order valence-electron chi connectivity index (χ2n) is 5.81. The van der Waals surface area contributed by atoms with Gasteiger partial charge in [0.15, 0.2) is 0 Å². The van der Waals surface area contributed by atoms with Crippen molar-refractivity contribution in [3.05, 3.63) is 52.6 Å². The lowest BCUT2D eigenvalue weighted by Gasteiger charge is -2.10. The number of ether oxygens (including phenoxy) is 2. The smallest absolute Gasteiger partial charge is 0.338 e. The molecule has 0 spiro atoms. The molecule has 29 heavy (non-hydrogen) atoms. The molecule has 1 fully saturated rings. The zero-order valence-electron chi connectivity index (χ0n) is 15.7. The van der Waals surface area contributed by atoms with Gasteiger partial charge in [0.2, 0.25) is 0 Å². The molecule has 2 amide bonds. The SMILES string of the molecule is CCOC(=O)CN1C(=O)S/C(=C/c2ccc(-c3ccccc3C(=O)OC)o2)C1=O. The first-order chi connectivity index (χ1) is 13.9. The van der Waals surface area contributed by atoms with Gasteiger partial charge in [0.25, 0.3) is 11.1 Å². The van der Waals surface area contributed by atoms with Crippen LogP contribution in [-0.2, 0) is 19.1 Å². The van der Waals surface area contributed by atoms with Crippen molar-refractivity contribution >= 4 is 40.9 Å². The molecule has 0 N–H and O–H groups in total. The lowest BCUT2D eigenvalue weighted by molar-refractivity contribution is -0.145. The fourth-order valence-electron chi connectivity index (χ4n) is 2.66. The number of furan rings is 1. The Labute approximate surface area is 170 Å². The summed E-state index contributed by atoms with van der Waals surface area (Å²) < 4.78 is 15.3. The number of nitrogens with zero attached hydrogens (tertiary/aromatic N) is 1. The summed E-state index contributed by atoms with van der Waals surface area (Å²) in [6.07, 6.45) is 1.42. The highest BCUT2D eigenvalue weighted by Gasteiger charge is 2.36. The van der Waals surface area contributed by atoms with Crippen LogP contribution >= 0.6 is 11.8 Å². The number of amides is 2. The van der Waals surface area contributed by atoms with E-state index in [0.717, 1.165) is 4.90 Å². The molecule has 1 saturated heterocycles. The molecule has 0 atom stereocenters. The fraction of sp³-hybridized carbons (Fsp3) is 0.200. The third kappa shape index (κ3) is 4.40. The zero-order chi connectivity index (χ0) is 21.0. The second-order valence-corrected chi connectivity index (χ2v) is 6.81. The summed E-state index contributed by atoms with van der Waals surface area (Å²) in [5.74, 6) is -1.03. The van der Waals surface area contributed by atoms with Crippen molar-refractivity contribution in [2.45, 2.75) is 6.92 Å². The van der Waals surface area contributed by atoms with E-state index in [9.17, 15) is 19.2 Å². The van der Waals surface area contributed by atoms with E-state index in [4.69, 9.17) is 13.9 Å². The number of imide groups is 1. The van der Waals surface area contributed by atoms with Crippen LogP contribution in [0.25, 0.3) is 17.4 Å². The molecule has 1 aromatic carbocycles. The predicted octanol–water partition coefficient (Wildman–Crippen LogP) is 3.33. The van der Waals surface area contributed by atoms with Gasteiger partial charge in [-0.1, -0.05) is 18.2 Å². The summed E-state index contributed by atoms with van der Waals surface area (Å²) in [7, 11) is 1.29. The number of benzene rings is 1. The molecule has 2 aromatic rings. The van der Waals surface area contributed by atoms with Crippen molar-refractivity contribution in [1.29, 1.82) is 0 Å². The van der Waals surface area contributed by atoms with Crippen molar-refractivity contribution in [1.82, 2.24) is 4.90 Å². The molecule has 0 bridgehead atoms. The van der Waals surface area contributed by atoms with Gasteiger partial charge in [-0.05, 0) is 36.9 Å². The minimum Gasteiger partial charge on any atom is -0.465 e. The van der Waals surface area contributed by atoms with E-state index in [1.807, 2.05) is 0 Å². The largest absolute Gasteiger partial charge is 0.465 e. The van der Waals surface area contributed by atoms with Crippen molar-refractivity contribution < 1.29 is 33.1 Å². The van der Waals surface area contributed by atoms with Crippen LogP contribution in [0, 0.1) is 0 Å². The standard InChI is InChI=1S/C20H17NO7S/c1-3-27-17(22)11-21-18(23)16(29-20(21)25)10-12-8-9-15(28-12)13-6-4-5-7-14(13)19(24)26-2/h4-10H,3,11H2,1-2H3/b16-10+. The van der Waals surface area contributed by atoms with Crippen molar-refractivity contribution in [2.75, 3.05) is 20.3 Å². The van der Waals surface area contributed by atoms with Crippen LogP contribution in [0.15, 0.2) is 45.7 Å². The highest BCUT2D eigenvalue weighted by atomic mass is 32.2. The summed E-state index contributed by atoms with van der Waals surface area (Å²) >= 11 is 0.710. The Bertz CT molecular complexity index is 1010. The topological polar surface area (TPSA) is 103 Å². The van der Waals surface area contributed by atoms with E-state index >= 15 is 0 Å². The highest BCUT2D eigenvalue weighted by Crippen LogP contribution is 2.33. The first-order valence-electron chi connectivity index (χ1n) is 8.63. The molecule has 0 unspecified atom stereocenters. The summed E-state index contributed by atoms with van der Waals surface area (Å²) in [4.78, 5) is 48.9. The Balaban J connectivity index is 1.83. The maximum absolute atomic E-state index is 12.4. The van der Waals surface area contributed by atoms with E-state index in [1.165, 1.54) is 13.2 Å². The number of carbonyl (C=O) groups excluding carboxylic acids is 4. The molecule has 1 aliphatic heterocycles. The molecule has 8 nitrogen and oxygen atoms in total. The lowest BCUT2D eigenvalue weighted by Crippen LogP contribution is -2.34. The third-order valence-electron chi connectivity index (χ3n) is 3.96. The lowest BCUT2D eigenvalue weighted by atomic mass is 10.1. The predicted molar refractivity (Wildman–Crippen MR) is 105 cm³/mol. The van der Waals surface area contributed by atoms with Crippen LogP contribution in [-0.4, -0.2) is 48.2 Å². The molecular formula is C20H17NO7S. The Kier molecular flexibility index (Phi) is 6.18. The van der Waals surface area contributed by atoms with E-state index in [-0.39, 0.29) is 11.5 Å². The van der Waals surface area contributed by atoms with Crippen molar-refractivity contribution in [3.63, 3.8) is 0 Å². The number of thioether (sulfide) groups is 1. The number of rotatable bonds is 6. The van der Waals surface area contributed by atoms with E-state index in [2.05, 4.69) is 0 Å². The molecule has 0 saturated carbocycles. The first-order valence-corrected chi connectivity index (χ1v) is 9.44. The number of methoxy groups -OCH3 is 1. The summed E-state index contributed by atoms with van der Waals surface area (Å²) in [6, 6.07) is 10.1. The number of hydrogen-bond donors (Lipinski definition) is 0. The molecule has 150 valence electrons. The van der Waals surface area contributed by atoms with Crippen LogP contribution in [0.5, 0.6) is 0 Å². The van der Waals surface area contributed by atoms with Gasteiger partial charge in [-0.15, -0.1) is 0 Å². The van der Waals surface area contributed by atoms with E-state index in [1.54, 1.807) is 43.3 Å². The maximum Gasteiger partial charge on any atom is 0.338 e. The Morgan fingerprint density at radius 2 is 1.93 bits per heavy atom. The summed E-state index contributed by atoms with van der Waals surface area (Å²) in [5.41, 5.74) is 0.875. The monoisotopic (exact) mass is 415 g/mol. The van der Waals surface area contributed by atoms with E-state index in [0.29, 0.717) is 34.4 Å². The summed E-state index contributed by atoms with van der Waals surface area (Å²) in [5, 5.41) is -0.558. The van der Waals surface area contributed by atoms with E-state index < -0.39 is 29.6 Å². The minimum atomic E-state index is -0.657. The Hall–Kier alpha value is -3.33. The molecule has 9 heteroatoms. The third-order valence-corrected chi connectivity index (χ3v) is 4.87. The fourth-order valence-corrected chi connectivity index (χ4v) is 3.48. The highest BCUT2D eigenvalue weighted by molar-refractivity contribution is 8.18. The number of carbonyl (C=O) groups is 4. The van der Waals surface area contributed by atoms with Gasteiger partial charge in [-0.25, -0.2) is 4.79 Å². The van der Waals surface area contributed by atoms with Crippen LogP contribution in [0.1, 0.15) is 23.0 Å². The van der Waals surface area contributed by atoms with Gasteiger partial charge in [-0.3, -0.25) is 19.3 Å². The van der Waals surface area contributed by atoms with Gasteiger partial charge >= 0.3 is 11.9 Å². The van der Waals surface area contributed by atoms with Crippen LogP contribution in [0.2, 0.25) is 0 Å². The second kappa shape index (κ2) is 8.78. The molecule has 0 radical (unpaired) electrons. The molecule has 1 aliphatic rings. The van der Waals surface area contributed by atoms with Gasteiger partial charge in [-0.2, -0.15) is 0 Å². The molecule has 1 aromatic heterocycles. The summed E-state index contributed by atoms with van der Waals surface area (Å²) in [6.45, 7) is 1.36. The number of esters is 2. The molecule has 3 rings (SSSR count). The van der Waals surface area contributed by atoms with Crippen LogP contribution < -0.4 is 0 Å². The quantitative estimate of drug-likeness (QED) is 0.523. The minimum absolute atomic E-state index is 0.126.